The van der Waals surface area contributed by atoms with Crippen LogP contribution in [0.2, 0.25) is 0 Å². The van der Waals surface area contributed by atoms with Crippen molar-refractivity contribution in [2.45, 2.75) is 32.7 Å². The number of nitrogen functional groups attached to an aromatic ring is 1. The molecule has 2 aromatic carbocycles. The molecule has 1 unspecified atom stereocenters. The van der Waals surface area contributed by atoms with E-state index in [0.29, 0.717) is 6.42 Å². The van der Waals surface area contributed by atoms with Crippen LogP contribution >= 0.6 is 0 Å². The minimum atomic E-state index is 0.0325. The summed E-state index contributed by atoms with van der Waals surface area (Å²) >= 11 is 0. The van der Waals surface area contributed by atoms with E-state index in [-0.39, 0.29) is 11.9 Å². The molecule has 3 heteroatoms. The number of carbonyl (C=O) groups is 1. The summed E-state index contributed by atoms with van der Waals surface area (Å²) in [5.41, 5.74) is 9.89. The first-order valence-corrected chi connectivity index (χ1v) is 7.25. The Bertz CT molecular complexity index is 605. The van der Waals surface area contributed by atoms with E-state index in [0.717, 1.165) is 17.7 Å². The molecule has 21 heavy (non-hydrogen) atoms. The lowest BCUT2D eigenvalue weighted by Crippen LogP contribution is -2.27. The molecule has 0 bridgehead atoms. The first-order valence-electron chi connectivity index (χ1n) is 7.25. The van der Waals surface area contributed by atoms with Gasteiger partial charge in [0.2, 0.25) is 5.91 Å². The van der Waals surface area contributed by atoms with Crippen molar-refractivity contribution in [1.82, 2.24) is 5.32 Å². The Morgan fingerprint density at radius 2 is 1.81 bits per heavy atom. The molecule has 0 aromatic heterocycles. The van der Waals surface area contributed by atoms with Crippen molar-refractivity contribution < 1.29 is 4.79 Å². The normalized spacial score (nSPS) is 11.9. The van der Waals surface area contributed by atoms with Crippen molar-refractivity contribution in [2.75, 3.05) is 5.73 Å². The number of anilines is 1. The summed E-state index contributed by atoms with van der Waals surface area (Å²) in [4.78, 5) is 12.0. The average Bonchev–Trinajstić information content (AvgIpc) is 2.47. The van der Waals surface area contributed by atoms with Gasteiger partial charge in [-0.1, -0.05) is 36.4 Å². The Morgan fingerprint density at radius 1 is 1.14 bits per heavy atom. The second-order valence-corrected chi connectivity index (χ2v) is 5.39. The third kappa shape index (κ3) is 4.35. The van der Waals surface area contributed by atoms with Gasteiger partial charge in [-0.3, -0.25) is 4.79 Å². The van der Waals surface area contributed by atoms with Crippen molar-refractivity contribution in [2.24, 2.45) is 0 Å². The molecular weight excluding hydrogens is 260 g/mol. The average molecular weight is 282 g/mol. The zero-order valence-corrected chi connectivity index (χ0v) is 12.6. The van der Waals surface area contributed by atoms with Crippen LogP contribution in [0, 0.1) is 6.92 Å². The molecule has 2 rings (SSSR count). The van der Waals surface area contributed by atoms with Gasteiger partial charge in [0.15, 0.2) is 0 Å². The summed E-state index contributed by atoms with van der Waals surface area (Å²) in [6, 6.07) is 15.8. The van der Waals surface area contributed by atoms with Crippen LogP contribution in [-0.2, 0) is 11.2 Å². The van der Waals surface area contributed by atoms with Crippen molar-refractivity contribution in [3.63, 3.8) is 0 Å². The number of nitrogens with one attached hydrogen (secondary N) is 1. The molecule has 0 heterocycles. The van der Waals surface area contributed by atoms with Crippen LogP contribution in [0.25, 0.3) is 0 Å². The molecule has 0 saturated heterocycles. The number of hydrogen-bond donors (Lipinski definition) is 2. The molecule has 3 nitrogen and oxygen atoms in total. The first-order chi connectivity index (χ1) is 10.1. The Balaban J connectivity index is 1.87. The fourth-order valence-electron chi connectivity index (χ4n) is 2.41. The number of aryl methyl sites for hydroxylation is 2. The Morgan fingerprint density at radius 3 is 2.48 bits per heavy atom. The van der Waals surface area contributed by atoms with E-state index in [9.17, 15) is 4.79 Å². The van der Waals surface area contributed by atoms with Gasteiger partial charge < -0.3 is 11.1 Å². The molecule has 1 amide bonds. The molecule has 0 radical (unpaired) electrons. The first kappa shape index (κ1) is 15.1. The maximum atomic E-state index is 12.0. The van der Waals surface area contributed by atoms with Crippen LogP contribution in [-0.4, -0.2) is 5.91 Å². The summed E-state index contributed by atoms with van der Waals surface area (Å²) in [6.07, 6.45) is 1.22. The Hall–Kier alpha value is -2.29. The zero-order chi connectivity index (χ0) is 15.2. The highest BCUT2D eigenvalue weighted by molar-refractivity contribution is 5.76. The molecule has 0 saturated carbocycles. The van der Waals surface area contributed by atoms with Gasteiger partial charge in [0, 0.05) is 12.1 Å². The molecule has 0 aliphatic carbocycles. The van der Waals surface area contributed by atoms with Crippen LogP contribution in [0.4, 0.5) is 5.69 Å². The van der Waals surface area contributed by atoms with Gasteiger partial charge in [0.25, 0.3) is 0 Å². The minimum absolute atomic E-state index is 0.0325. The molecule has 0 fully saturated rings. The van der Waals surface area contributed by atoms with E-state index in [1.54, 1.807) is 0 Å². The number of hydrogen-bond acceptors (Lipinski definition) is 2. The molecular formula is C18H22N2O. The van der Waals surface area contributed by atoms with Gasteiger partial charge in [0.05, 0.1) is 6.04 Å². The lowest BCUT2D eigenvalue weighted by atomic mass is 10.0. The molecule has 3 N–H and O–H groups in total. The van der Waals surface area contributed by atoms with E-state index in [4.69, 9.17) is 5.73 Å². The maximum Gasteiger partial charge on any atom is 0.220 e. The second-order valence-electron chi connectivity index (χ2n) is 5.39. The smallest absolute Gasteiger partial charge is 0.220 e. The van der Waals surface area contributed by atoms with E-state index >= 15 is 0 Å². The van der Waals surface area contributed by atoms with E-state index < -0.39 is 0 Å². The maximum absolute atomic E-state index is 12.0. The van der Waals surface area contributed by atoms with Gasteiger partial charge in [0.1, 0.15) is 0 Å². The van der Waals surface area contributed by atoms with Crippen molar-refractivity contribution >= 4 is 11.6 Å². The summed E-state index contributed by atoms with van der Waals surface area (Å²) in [5.74, 6) is 0.0718. The predicted octanol–water partition coefficient (Wildman–Crippen LogP) is 3.39. The Labute approximate surface area is 126 Å². The monoisotopic (exact) mass is 282 g/mol. The summed E-state index contributed by atoms with van der Waals surface area (Å²) < 4.78 is 0. The minimum Gasteiger partial charge on any atom is -0.399 e. The fourth-order valence-corrected chi connectivity index (χ4v) is 2.41. The van der Waals surface area contributed by atoms with Gasteiger partial charge in [-0.05, 0) is 49.1 Å². The van der Waals surface area contributed by atoms with Gasteiger partial charge in [-0.2, -0.15) is 0 Å². The summed E-state index contributed by atoms with van der Waals surface area (Å²) in [6.45, 7) is 4.08. The number of benzene rings is 2. The standard InChI is InChI=1S/C18H22N2O/c1-13-5-3-4-6-17(13)14(2)20-18(21)12-9-15-7-10-16(19)11-8-15/h3-8,10-11,14H,9,12,19H2,1-2H3,(H,20,21). The number of nitrogens with two attached hydrogens (primary N) is 1. The van der Waals surface area contributed by atoms with Gasteiger partial charge in [-0.15, -0.1) is 0 Å². The number of amides is 1. The zero-order valence-electron chi connectivity index (χ0n) is 12.6. The lowest BCUT2D eigenvalue weighted by Gasteiger charge is -2.16. The van der Waals surface area contributed by atoms with E-state index in [1.165, 1.54) is 11.1 Å². The summed E-state index contributed by atoms with van der Waals surface area (Å²) in [7, 11) is 0. The summed E-state index contributed by atoms with van der Waals surface area (Å²) in [5, 5.41) is 3.06. The van der Waals surface area contributed by atoms with Crippen molar-refractivity contribution in [3.05, 3.63) is 65.2 Å². The van der Waals surface area contributed by atoms with Crippen molar-refractivity contribution in [3.8, 4) is 0 Å². The topological polar surface area (TPSA) is 55.1 Å². The predicted molar refractivity (Wildman–Crippen MR) is 86.9 cm³/mol. The van der Waals surface area contributed by atoms with Gasteiger partial charge in [-0.25, -0.2) is 0 Å². The molecule has 110 valence electrons. The van der Waals surface area contributed by atoms with Crippen LogP contribution < -0.4 is 11.1 Å². The Kier molecular flexibility index (Phi) is 4.99. The molecule has 0 spiro atoms. The van der Waals surface area contributed by atoms with Crippen LogP contribution in [0.5, 0.6) is 0 Å². The molecule has 0 aliphatic heterocycles. The third-order valence-electron chi connectivity index (χ3n) is 3.65. The van der Waals surface area contributed by atoms with Crippen molar-refractivity contribution in [1.29, 1.82) is 0 Å². The van der Waals surface area contributed by atoms with E-state index in [1.807, 2.05) is 43.3 Å². The third-order valence-corrected chi connectivity index (χ3v) is 3.65. The van der Waals surface area contributed by atoms with Crippen LogP contribution in [0.3, 0.4) is 0 Å². The highest BCUT2D eigenvalue weighted by Gasteiger charge is 2.11. The number of rotatable bonds is 5. The van der Waals surface area contributed by atoms with Crippen LogP contribution in [0.15, 0.2) is 48.5 Å². The van der Waals surface area contributed by atoms with E-state index in [2.05, 4.69) is 24.4 Å². The largest absolute Gasteiger partial charge is 0.399 e. The quantitative estimate of drug-likeness (QED) is 0.826. The molecule has 1 atom stereocenters. The highest BCUT2D eigenvalue weighted by atomic mass is 16.1. The fraction of sp³-hybridized carbons (Fsp3) is 0.278. The second kappa shape index (κ2) is 6.93. The van der Waals surface area contributed by atoms with Crippen LogP contribution in [0.1, 0.15) is 36.1 Å². The SMILES string of the molecule is Cc1ccccc1C(C)NC(=O)CCc1ccc(N)cc1. The molecule has 0 aliphatic rings. The molecule has 2 aromatic rings. The highest BCUT2D eigenvalue weighted by Crippen LogP contribution is 2.17. The lowest BCUT2D eigenvalue weighted by molar-refractivity contribution is -0.121. The van der Waals surface area contributed by atoms with Gasteiger partial charge >= 0.3 is 0 Å². The number of carbonyl (C=O) groups excluding carboxylic acids is 1.